The second-order valence-corrected chi connectivity index (χ2v) is 10.3. The summed E-state index contributed by atoms with van der Waals surface area (Å²) in [5.41, 5.74) is 9.36. The lowest BCUT2D eigenvalue weighted by Crippen LogP contribution is -2.55. The maximum atomic E-state index is 13.2. The quantitative estimate of drug-likeness (QED) is 0.359. The molecule has 168 valence electrons. The lowest BCUT2D eigenvalue weighted by atomic mass is 9.85. The number of para-hydroxylation sites is 1. The Bertz CT molecular complexity index is 1050. The monoisotopic (exact) mass is 449 g/mol. The molecule has 0 amide bonds. The number of azide groups is 1. The number of benzene rings is 1. The minimum atomic E-state index is -3.83. The zero-order chi connectivity index (χ0) is 22.8. The molecule has 1 aromatic heterocycles. The maximum absolute atomic E-state index is 13.2. The van der Waals surface area contributed by atoms with Crippen molar-refractivity contribution >= 4 is 9.84 Å². The fourth-order valence-electron chi connectivity index (χ4n) is 4.02. The van der Waals surface area contributed by atoms with E-state index in [-0.39, 0.29) is 16.8 Å². The average molecular weight is 450 g/mol. The van der Waals surface area contributed by atoms with Crippen LogP contribution in [0.15, 0.2) is 40.6 Å². The predicted molar refractivity (Wildman–Crippen MR) is 112 cm³/mol. The highest BCUT2D eigenvalue weighted by Gasteiger charge is 2.46. The van der Waals surface area contributed by atoms with Gasteiger partial charge >= 0.3 is 0 Å². The Kier molecular flexibility index (Phi) is 6.65. The zero-order valence-electron chi connectivity index (χ0n) is 18.2. The van der Waals surface area contributed by atoms with Crippen molar-refractivity contribution in [2.24, 2.45) is 17.0 Å². The lowest BCUT2D eigenvalue weighted by Gasteiger charge is -2.48. The molecule has 0 aliphatic carbocycles. The van der Waals surface area contributed by atoms with Crippen LogP contribution in [0.3, 0.4) is 0 Å². The Balaban J connectivity index is 1.85. The molecule has 31 heavy (non-hydrogen) atoms. The highest BCUT2D eigenvalue weighted by Crippen LogP contribution is 2.37. The van der Waals surface area contributed by atoms with Gasteiger partial charge in [-0.15, -0.1) is 0 Å². The van der Waals surface area contributed by atoms with Gasteiger partial charge in [-0.3, -0.25) is 0 Å². The standard InChI is InChI=1S/C19H27N7O4S/c1-12(16-13(2)17(14(3)21-23-20)30-19(4,5)29-16)11-31(27,28)18-22-24-25-26(18)15-9-7-6-8-10-15/h6-10,12-14,16-17H,11H2,1-5H3/t12-,13+,14-,16-,17+/m1/s1. The first-order valence-corrected chi connectivity index (χ1v) is 11.7. The summed E-state index contributed by atoms with van der Waals surface area (Å²) >= 11 is 0. The Labute approximate surface area is 181 Å². The second kappa shape index (κ2) is 8.91. The van der Waals surface area contributed by atoms with Crippen LogP contribution in [0, 0.1) is 11.8 Å². The van der Waals surface area contributed by atoms with Crippen LogP contribution in [0.2, 0.25) is 0 Å². The fourth-order valence-corrected chi connectivity index (χ4v) is 5.62. The van der Waals surface area contributed by atoms with Gasteiger partial charge in [-0.25, -0.2) is 8.42 Å². The molecule has 11 nitrogen and oxygen atoms in total. The summed E-state index contributed by atoms with van der Waals surface area (Å²) in [4.78, 5) is 2.88. The van der Waals surface area contributed by atoms with Crippen molar-refractivity contribution in [1.29, 1.82) is 0 Å². The van der Waals surface area contributed by atoms with Crippen molar-refractivity contribution in [3.63, 3.8) is 0 Å². The van der Waals surface area contributed by atoms with Gasteiger partial charge in [0.05, 0.1) is 29.7 Å². The van der Waals surface area contributed by atoms with Gasteiger partial charge in [-0.05, 0) is 47.9 Å². The number of hydrogen-bond donors (Lipinski definition) is 0. The van der Waals surface area contributed by atoms with E-state index in [1.807, 2.05) is 19.9 Å². The van der Waals surface area contributed by atoms with Crippen LogP contribution in [-0.2, 0) is 19.3 Å². The number of aromatic nitrogens is 4. The summed E-state index contributed by atoms with van der Waals surface area (Å²) in [5, 5.41) is 14.7. The van der Waals surface area contributed by atoms with Crippen LogP contribution in [0.4, 0.5) is 0 Å². The molecule has 2 aromatic rings. The van der Waals surface area contributed by atoms with Gasteiger partial charge in [-0.2, -0.15) is 4.68 Å². The third kappa shape index (κ3) is 5.04. The third-order valence-electron chi connectivity index (χ3n) is 5.35. The van der Waals surface area contributed by atoms with E-state index in [2.05, 4.69) is 25.6 Å². The Morgan fingerprint density at radius 1 is 1.23 bits per heavy atom. The van der Waals surface area contributed by atoms with Crippen molar-refractivity contribution in [2.75, 3.05) is 5.75 Å². The molecule has 1 fully saturated rings. The first-order chi connectivity index (χ1) is 14.6. The lowest BCUT2D eigenvalue weighted by molar-refractivity contribution is -0.327. The van der Waals surface area contributed by atoms with Crippen LogP contribution in [-0.4, -0.2) is 58.4 Å². The van der Waals surface area contributed by atoms with Gasteiger partial charge in [0.1, 0.15) is 0 Å². The summed E-state index contributed by atoms with van der Waals surface area (Å²) in [6.07, 6.45) is -0.856. The minimum Gasteiger partial charge on any atom is -0.347 e. The van der Waals surface area contributed by atoms with E-state index in [0.29, 0.717) is 5.69 Å². The van der Waals surface area contributed by atoms with Crippen LogP contribution >= 0.6 is 0 Å². The smallest absolute Gasteiger partial charge is 0.272 e. The maximum Gasteiger partial charge on any atom is 0.272 e. The molecular weight excluding hydrogens is 422 g/mol. The molecule has 1 aliphatic heterocycles. The highest BCUT2D eigenvalue weighted by atomic mass is 32.2. The van der Waals surface area contributed by atoms with Gasteiger partial charge < -0.3 is 9.47 Å². The molecular formula is C19H27N7O4S. The third-order valence-corrected chi connectivity index (χ3v) is 7.12. The highest BCUT2D eigenvalue weighted by molar-refractivity contribution is 7.91. The topological polar surface area (TPSA) is 145 Å². The number of hydrogen-bond acceptors (Lipinski definition) is 8. The Morgan fingerprint density at radius 2 is 1.87 bits per heavy atom. The predicted octanol–water partition coefficient (Wildman–Crippen LogP) is 2.93. The van der Waals surface area contributed by atoms with E-state index in [4.69, 9.17) is 15.0 Å². The van der Waals surface area contributed by atoms with E-state index in [0.717, 1.165) is 0 Å². The van der Waals surface area contributed by atoms with Crippen molar-refractivity contribution in [1.82, 2.24) is 20.2 Å². The van der Waals surface area contributed by atoms with Crippen LogP contribution in [0.1, 0.15) is 34.6 Å². The number of ether oxygens (including phenoxy) is 2. The summed E-state index contributed by atoms with van der Waals surface area (Å²) in [6.45, 7) is 9.02. The molecule has 1 saturated heterocycles. The molecule has 0 N–H and O–H groups in total. The first-order valence-electron chi connectivity index (χ1n) is 10.0. The summed E-state index contributed by atoms with van der Waals surface area (Å²) in [7, 11) is -3.83. The first kappa shape index (κ1) is 23.1. The molecule has 1 aromatic carbocycles. The zero-order valence-corrected chi connectivity index (χ0v) is 19.0. The number of nitrogens with zero attached hydrogens (tertiary/aromatic N) is 7. The van der Waals surface area contributed by atoms with Crippen LogP contribution in [0.5, 0.6) is 0 Å². The van der Waals surface area contributed by atoms with Crippen molar-refractivity contribution in [3.8, 4) is 5.69 Å². The van der Waals surface area contributed by atoms with Gasteiger partial charge in [0.15, 0.2) is 5.79 Å². The normalized spacial score (nSPS) is 25.4. The molecule has 0 spiro atoms. The number of rotatable bonds is 7. The molecule has 1 aliphatic rings. The van der Waals surface area contributed by atoms with E-state index in [9.17, 15) is 8.42 Å². The van der Waals surface area contributed by atoms with E-state index < -0.39 is 39.8 Å². The van der Waals surface area contributed by atoms with Gasteiger partial charge in [0.2, 0.25) is 9.84 Å². The second-order valence-electron chi connectivity index (χ2n) is 8.34. The Morgan fingerprint density at radius 3 is 2.52 bits per heavy atom. The molecule has 3 rings (SSSR count). The molecule has 0 unspecified atom stereocenters. The van der Waals surface area contributed by atoms with Crippen LogP contribution < -0.4 is 0 Å². The van der Waals surface area contributed by atoms with Crippen LogP contribution in [0.25, 0.3) is 16.1 Å². The van der Waals surface area contributed by atoms with Crippen molar-refractivity contribution in [3.05, 3.63) is 40.8 Å². The molecule has 0 saturated carbocycles. The van der Waals surface area contributed by atoms with Crippen molar-refractivity contribution < 1.29 is 17.9 Å². The number of sulfone groups is 1. The molecule has 0 bridgehead atoms. The largest absolute Gasteiger partial charge is 0.347 e. The summed E-state index contributed by atoms with van der Waals surface area (Å²) < 4.78 is 39.7. The van der Waals surface area contributed by atoms with Crippen molar-refractivity contribution in [2.45, 2.75) is 63.8 Å². The molecule has 12 heteroatoms. The molecule has 2 heterocycles. The van der Waals surface area contributed by atoms with Gasteiger partial charge in [0.25, 0.3) is 5.16 Å². The number of tetrazole rings is 1. The SMILES string of the molecule is C[C@H]1[C@@H]([C@H](C)CS(=O)(=O)c2nnnn2-c2ccccc2)OC(C)(C)O[C@@H]1[C@@H](C)N=[N+]=[N-]. The molecule has 0 radical (unpaired) electrons. The Hall–Kier alpha value is -2.53. The average Bonchev–Trinajstić information content (AvgIpc) is 3.21. The van der Waals surface area contributed by atoms with E-state index >= 15 is 0 Å². The van der Waals surface area contributed by atoms with Gasteiger partial charge in [0, 0.05) is 10.8 Å². The van der Waals surface area contributed by atoms with E-state index in [1.54, 1.807) is 45.0 Å². The summed E-state index contributed by atoms with van der Waals surface area (Å²) in [5.74, 6) is -1.77. The van der Waals surface area contributed by atoms with Gasteiger partial charge in [-0.1, -0.05) is 49.2 Å². The minimum absolute atomic E-state index is 0.205. The molecule has 5 atom stereocenters. The summed E-state index contributed by atoms with van der Waals surface area (Å²) in [6, 6.07) is 8.41. The van der Waals surface area contributed by atoms with E-state index in [1.165, 1.54) is 4.68 Å². The fraction of sp³-hybridized carbons (Fsp3) is 0.632.